The lowest BCUT2D eigenvalue weighted by Gasteiger charge is -2.21. The summed E-state index contributed by atoms with van der Waals surface area (Å²) in [6.07, 6.45) is 3.19. The van der Waals surface area contributed by atoms with Gasteiger partial charge >= 0.3 is 6.03 Å². The number of nitrogens with two attached hydrogens (primary N) is 1. The molecule has 11 heteroatoms. The number of carbonyl (C=O) groups is 2. The number of nitrogens with zero attached hydrogens (tertiary/aromatic N) is 4. The van der Waals surface area contributed by atoms with E-state index in [0.29, 0.717) is 18.1 Å². The van der Waals surface area contributed by atoms with Gasteiger partial charge in [0.2, 0.25) is 5.91 Å². The largest absolute Gasteiger partial charge is 0.368 e. The summed E-state index contributed by atoms with van der Waals surface area (Å²) >= 11 is 2.86. The van der Waals surface area contributed by atoms with Crippen LogP contribution in [0.2, 0.25) is 0 Å². The van der Waals surface area contributed by atoms with E-state index in [-0.39, 0.29) is 6.03 Å². The molecular formula is C17H19N7O2S2. The lowest BCUT2D eigenvalue weighted by atomic mass is 10.2. The summed E-state index contributed by atoms with van der Waals surface area (Å²) in [7, 11) is 0. The first-order valence-electron chi connectivity index (χ1n) is 8.75. The molecule has 3 aromatic heterocycles. The molecule has 1 saturated heterocycles. The van der Waals surface area contributed by atoms with Crippen molar-refractivity contribution in [2.45, 2.75) is 32.7 Å². The number of aryl methyl sites for hydroxylation is 2. The number of hydrogen-bond acceptors (Lipinski definition) is 7. The van der Waals surface area contributed by atoms with Crippen molar-refractivity contribution >= 4 is 39.7 Å². The fraction of sp³-hybridized carbons (Fsp3) is 0.353. The molecule has 0 aliphatic carbocycles. The first kappa shape index (κ1) is 18.6. The maximum absolute atomic E-state index is 12.5. The van der Waals surface area contributed by atoms with E-state index in [1.807, 2.05) is 25.4 Å². The minimum atomic E-state index is -0.557. The van der Waals surface area contributed by atoms with Crippen LogP contribution in [0.4, 0.5) is 9.93 Å². The highest BCUT2D eigenvalue weighted by atomic mass is 32.1. The molecule has 4 N–H and O–H groups in total. The van der Waals surface area contributed by atoms with Crippen LogP contribution in [0.3, 0.4) is 0 Å². The van der Waals surface area contributed by atoms with E-state index in [9.17, 15) is 9.59 Å². The number of carbonyl (C=O) groups excluding carboxylic acids is 2. The normalized spacial score (nSPS) is 16.5. The van der Waals surface area contributed by atoms with Gasteiger partial charge in [-0.25, -0.2) is 19.7 Å². The van der Waals surface area contributed by atoms with Crippen LogP contribution in [0.25, 0.3) is 21.3 Å². The van der Waals surface area contributed by atoms with Gasteiger partial charge < -0.3 is 15.6 Å². The number of aromatic amines is 1. The minimum absolute atomic E-state index is 0.354. The number of likely N-dealkylation sites (tertiary alicyclic amines) is 1. The Morgan fingerprint density at radius 2 is 2.11 bits per heavy atom. The summed E-state index contributed by atoms with van der Waals surface area (Å²) in [4.78, 5) is 42.9. The van der Waals surface area contributed by atoms with Crippen molar-refractivity contribution in [3.63, 3.8) is 0 Å². The quantitative estimate of drug-likeness (QED) is 0.601. The predicted molar refractivity (Wildman–Crippen MR) is 108 cm³/mol. The third-order valence-corrected chi connectivity index (χ3v) is 6.47. The number of primary amides is 1. The second-order valence-electron chi connectivity index (χ2n) is 6.53. The van der Waals surface area contributed by atoms with Crippen molar-refractivity contribution < 1.29 is 9.59 Å². The summed E-state index contributed by atoms with van der Waals surface area (Å²) < 4.78 is 0. The van der Waals surface area contributed by atoms with E-state index in [2.05, 4.69) is 25.3 Å². The first-order valence-corrected chi connectivity index (χ1v) is 10.4. The zero-order chi connectivity index (χ0) is 19.8. The fourth-order valence-electron chi connectivity index (χ4n) is 3.18. The van der Waals surface area contributed by atoms with Gasteiger partial charge in [0, 0.05) is 18.1 Å². The Morgan fingerprint density at radius 1 is 1.29 bits per heavy atom. The summed E-state index contributed by atoms with van der Waals surface area (Å²) in [5.41, 5.74) is 7.77. The molecule has 1 atom stereocenters. The molecule has 1 aliphatic rings. The zero-order valence-corrected chi connectivity index (χ0v) is 17.0. The van der Waals surface area contributed by atoms with Crippen molar-refractivity contribution in [3.05, 3.63) is 23.1 Å². The highest BCUT2D eigenvalue weighted by Gasteiger charge is 2.33. The Balaban J connectivity index is 1.52. The monoisotopic (exact) mass is 417 g/mol. The molecule has 0 saturated carbocycles. The van der Waals surface area contributed by atoms with Gasteiger partial charge in [0.05, 0.1) is 16.3 Å². The van der Waals surface area contributed by atoms with Gasteiger partial charge in [-0.05, 0) is 26.7 Å². The topological polar surface area (TPSA) is 130 Å². The number of thiazole rings is 2. The average molecular weight is 418 g/mol. The number of hydrogen-bond donors (Lipinski definition) is 3. The van der Waals surface area contributed by atoms with Crippen LogP contribution in [-0.4, -0.2) is 49.4 Å². The van der Waals surface area contributed by atoms with Crippen LogP contribution in [-0.2, 0) is 4.79 Å². The number of imidazole rings is 1. The number of H-pyrrole nitrogens is 1. The van der Waals surface area contributed by atoms with Crippen molar-refractivity contribution in [3.8, 4) is 21.3 Å². The molecule has 1 aliphatic heterocycles. The van der Waals surface area contributed by atoms with Gasteiger partial charge in [0.25, 0.3) is 0 Å². The van der Waals surface area contributed by atoms with E-state index >= 15 is 0 Å². The Morgan fingerprint density at radius 3 is 2.82 bits per heavy atom. The maximum Gasteiger partial charge on any atom is 0.324 e. The van der Waals surface area contributed by atoms with Crippen LogP contribution in [0.1, 0.15) is 24.4 Å². The Labute approximate surface area is 169 Å². The molecule has 0 aromatic carbocycles. The van der Waals surface area contributed by atoms with E-state index in [1.165, 1.54) is 27.6 Å². The highest BCUT2D eigenvalue weighted by molar-refractivity contribution is 7.19. The minimum Gasteiger partial charge on any atom is -0.368 e. The van der Waals surface area contributed by atoms with Crippen LogP contribution < -0.4 is 11.1 Å². The lowest BCUT2D eigenvalue weighted by Crippen LogP contribution is -2.45. The highest BCUT2D eigenvalue weighted by Crippen LogP contribution is 2.35. The molecule has 4 heterocycles. The number of nitrogens with one attached hydrogen (secondary N) is 2. The van der Waals surface area contributed by atoms with Crippen molar-refractivity contribution in [2.75, 3.05) is 11.9 Å². The van der Waals surface area contributed by atoms with Crippen molar-refractivity contribution in [1.82, 2.24) is 24.8 Å². The molecule has 4 rings (SSSR count). The number of amides is 3. The van der Waals surface area contributed by atoms with Crippen molar-refractivity contribution in [1.29, 1.82) is 0 Å². The molecule has 146 valence electrons. The van der Waals surface area contributed by atoms with E-state index < -0.39 is 11.9 Å². The molecule has 9 nitrogen and oxygen atoms in total. The lowest BCUT2D eigenvalue weighted by molar-refractivity contribution is -0.121. The van der Waals surface area contributed by atoms with Gasteiger partial charge in [0.15, 0.2) is 5.13 Å². The Hall–Kier alpha value is -2.79. The van der Waals surface area contributed by atoms with Crippen LogP contribution in [0.15, 0.2) is 11.6 Å². The van der Waals surface area contributed by atoms with Gasteiger partial charge in [0.1, 0.15) is 22.6 Å². The first-order chi connectivity index (χ1) is 13.4. The molecule has 28 heavy (non-hydrogen) atoms. The third-order valence-electron chi connectivity index (χ3n) is 4.51. The van der Waals surface area contributed by atoms with Gasteiger partial charge in [-0.15, -0.1) is 11.3 Å². The zero-order valence-electron chi connectivity index (χ0n) is 15.4. The third kappa shape index (κ3) is 3.50. The molecule has 3 amide bonds. The SMILES string of the molecule is Cc1nc(-c2nc(-c3sc(NC(=O)N4CCC[C@H]4C(N)=O)nc3C)cs2)c[nH]1. The fourth-order valence-corrected chi connectivity index (χ4v) is 4.94. The van der Waals surface area contributed by atoms with Crippen LogP contribution >= 0.6 is 22.7 Å². The number of anilines is 1. The summed E-state index contributed by atoms with van der Waals surface area (Å²) in [6, 6.07) is -0.911. The molecule has 0 spiro atoms. The average Bonchev–Trinajstić information content (AvgIpc) is 3.40. The standard InChI is InChI=1S/C17H19N7O2S2/c1-8-13(11-7-27-15(22-11)10-6-19-9(2)21-10)28-16(20-8)23-17(26)24-5-3-4-12(24)14(18)25/h6-7,12H,3-5H2,1-2H3,(H2,18,25)(H,19,21)(H,20,23,26)/t12-/m0/s1. The van der Waals surface area contributed by atoms with Gasteiger partial charge in [-0.2, -0.15) is 0 Å². The Kier molecular flexibility index (Phi) is 4.85. The van der Waals surface area contributed by atoms with Crippen LogP contribution in [0.5, 0.6) is 0 Å². The Bertz CT molecular complexity index is 1040. The number of rotatable bonds is 4. The smallest absolute Gasteiger partial charge is 0.324 e. The summed E-state index contributed by atoms with van der Waals surface area (Å²) in [6.45, 7) is 4.28. The summed E-state index contributed by atoms with van der Waals surface area (Å²) in [5, 5.41) is 6.03. The molecule has 0 radical (unpaired) electrons. The molecular weight excluding hydrogens is 398 g/mol. The number of urea groups is 1. The summed E-state index contributed by atoms with van der Waals surface area (Å²) in [5.74, 6) is 0.356. The van der Waals surface area contributed by atoms with Gasteiger partial charge in [-0.1, -0.05) is 11.3 Å². The second kappa shape index (κ2) is 7.32. The van der Waals surface area contributed by atoms with E-state index in [1.54, 1.807) is 0 Å². The molecule has 0 bridgehead atoms. The van der Waals surface area contributed by atoms with Crippen LogP contribution in [0, 0.1) is 13.8 Å². The van der Waals surface area contributed by atoms with Crippen molar-refractivity contribution in [2.24, 2.45) is 5.73 Å². The van der Waals surface area contributed by atoms with Gasteiger partial charge in [-0.3, -0.25) is 10.1 Å². The second-order valence-corrected chi connectivity index (χ2v) is 8.38. The van der Waals surface area contributed by atoms with E-state index in [4.69, 9.17) is 5.73 Å². The molecule has 3 aromatic rings. The van der Waals surface area contributed by atoms with E-state index in [0.717, 1.165) is 39.2 Å². The predicted octanol–water partition coefficient (Wildman–Crippen LogP) is 2.76. The maximum atomic E-state index is 12.5. The molecule has 1 fully saturated rings. The number of aromatic nitrogens is 4. The molecule has 0 unspecified atom stereocenters.